The third kappa shape index (κ3) is 2.01. The highest BCUT2D eigenvalue weighted by Crippen LogP contribution is 2.25. The smallest absolute Gasteiger partial charge is 0.339 e. The fourth-order valence-corrected chi connectivity index (χ4v) is 2.81. The number of benzene rings is 1. The molecule has 0 saturated heterocycles. The Hall–Kier alpha value is -2.10. The highest BCUT2D eigenvalue weighted by Gasteiger charge is 2.33. The van der Waals surface area contributed by atoms with Gasteiger partial charge >= 0.3 is 11.9 Å². The summed E-state index contributed by atoms with van der Waals surface area (Å²) >= 11 is 0. The van der Waals surface area contributed by atoms with Gasteiger partial charge in [0.2, 0.25) is 0 Å². The molecular formula is C16H16O4. The summed E-state index contributed by atoms with van der Waals surface area (Å²) in [5, 5.41) is 0.859. The maximum Gasteiger partial charge on any atom is 0.339 e. The number of carbonyl (C=O) groups is 2. The van der Waals surface area contributed by atoms with E-state index in [9.17, 15) is 9.59 Å². The lowest BCUT2D eigenvalue weighted by Gasteiger charge is -2.31. The Morgan fingerprint density at radius 1 is 0.850 bits per heavy atom. The quantitative estimate of drug-likeness (QED) is 0.665. The fourth-order valence-electron chi connectivity index (χ4n) is 2.81. The molecule has 0 amide bonds. The molecule has 2 unspecified atom stereocenters. The van der Waals surface area contributed by atoms with Gasteiger partial charge in [0.05, 0.1) is 11.1 Å². The van der Waals surface area contributed by atoms with Crippen LogP contribution in [0.15, 0.2) is 12.1 Å². The average Bonchev–Trinajstić information content (AvgIpc) is 2.43. The highest BCUT2D eigenvalue weighted by atomic mass is 16.6. The molecule has 1 saturated carbocycles. The predicted molar refractivity (Wildman–Crippen MR) is 73.6 cm³/mol. The van der Waals surface area contributed by atoms with E-state index in [0.717, 1.165) is 25.7 Å². The Morgan fingerprint density at radius 3 is 1.65 bits per heavy atom. The summed E-state index contributed by atoms with van der Waals surface area (Å²) in [5.41, 5.74) is 0.746. The SMILES string of the molecule is C=c1c2ccc(c1=C)C(=O)OC1CCCCC1OC2=O. The van der Waals surface area contributed by atoms with Crippen molar-refractivity contribution in [1.82, 2.24) is 0 Å². The Bertz CT molecular complexity index is 617. The predicted octanol–water partition coefficient (Wildman–Crippen LogP) is 1.15. The molecule has 1 fully saturated rings. The lowest BCUT2D eigenvalue weighted by molar-refractivity contribution is -0.0520. The van der Waals surface area contributed by atoms with Crippen molar-refractivity contribution in [2.24, 2.45) is 0 Å². The van der Waals surface area contributed by atoms with Crippen LogP contribution in [0.4, 0.5) is 0 Å². The molecule has 1 aliphatic carbocycles. The van der Waals surface area contributed by atoms with E-state index in [-0.39, 0.29) is 12.2 Å². The summed E-state index contributed by atoms with van der Waals surface area (Å²) in [6.07, 6.45) is 2.68. The number of carbonyl (C=O) groups excluding carboxylic acids is 2. The Labute approximate surface area is 116 Å². The van der Waals surface area contributed by atoms with Crippen LogP contribution in [-0.2, 0) is 9.47 Å². The second-order valence-corrected chi connectivity index (χ2v) is 5.29. The molecule has 0 aromatic heterocycles. The lowest BCUT2D eigenvalue weighted by atomic mass is 9.94. The second-order valence-electron chi connectivity index (χ2n) is 5.29. The van der Waals surface area contributed by atoms with Gasteiger partial charge in [-0.2, -0.15) is 0 Å². The van der Waals surface area contributed by atoms with Crippen LogP contribution in [0.5, 0.6) is 0 Å². The molecule has 0 N–H and O–H groups in total. The summed E-state index contributed by atoms with van der Waals surface area (Å²) < 4.78 is 11.0. The van der Waals surface area contributed by atoms with Crippen LogP contribution in [0.2, 0.25) is 0 Å². The highest BCUT2D eigenvalue weighted by molar-refractivity contribution is 5.94. The van der Waals surface area contributed by atoms with E-state index in [0.29, 0.717) is 21.6 Å². The van der Waals surface area contributed by atoms with Gasteiger partial charge in [0, 0.05) is 0 Å². The first-order chi connectivity index (χ1) is 9.58. The van der Waals surface area contributed by atoms with Crippen LogP contribution < -0.4 is 10.4 Å². The van der Waals surface area contributed by atoms with Crippen molar-refractivity contribution in [1.29, 1.82) is 0 Å². The third-order valence-electron chi connectivity index (χ3n) is 4.03. The Kier molecular flexibility index (Phi) is 3.08. The molecule has 104 valence electrons. The molecule has 2 atom stereocenters. The molecule has 1 aromatic carbocycles. The molecule has 3 aliphatic rings. The van der Waals surface area contributed by atoms with Crippen LogP contribution >= 0.6 is 0 Å². The molecule has 0 radical (unpaired) electrons. The number of fused-ring (bicyclic) bond motifs is 4. The van der Waals surface area contributed by atoms with Gasteiger partial charge in [0.1, 0.15) is 12.2 Å². The van der Waals surface area contributed by atoms with Gasteiger partial charge < -0.3 is 9.47 Å². The standard InChI is InChI=1S/C16H16O4/c1-9-10(2)12-8-7-11(9)15(17)19-13-5-3-4-6-14(13)20-16(12)18/h7-8,13-14H,1-6H2. The van der Waals surface area contributed by atoms with E-state index in [1.165, 1.54) is 0 Å². The normalized spacial score (nSPS) is 25.6. The molecule has 1 aromatic rings. The number of ether oxygens (including phenoxy) is 2. The minimum Gasteiger partial charge on any atom is -0.455 e. The van der Waals surface area contributed by atoms with E-state index in [4.69, 9.17) is 9.47 Å². The van der Waals surface area contributed by atoms with Gasteiger partial charge in [0.25, 0.3) is 0 Å². The van der Waals surface area contributed by atoms with Gasteiger partial charge in [-0.05, 0) is 48.3 Å². The third-order valence-corrected chi connectivity index (χ3v) is 4.03. The summed E-state index contributed by atoms with van der Waals surface area (Å²) in [4.78, 5) is 24.4. The van der Waals surface area contributed by atoms with Gasteiger partial charge in [0.15, 0.2) is 0 Å². The molecule has 2 bridgehead atoms. The average molecular weight is 272 g/mol. The molecule has 0 spiro atoms. The van der Waals surface area contributed by atoms with Crippen LogP contribution in [0, 0.1) is 0 Å². The topological polar surface area (TPSA) is 52.6 Å². The van der Waals surface area contributed by atoms with E-state index in [2.05, 4.69) is 13.2 Å². The van der Waals surface area contributed by atoms with Crippen molar-refractivity contribution in [2.75, 3.05) is 0 Å². The first-order valence-electron chi connectivity index (χ1n) is 6.81. The van der Waals surface area contributed by atoms with Crippen LogP contribution in [0.3, 0.4) is 0 Å². The zero-order valence-electron chi connectivity index (χ0n) is 11.2. The minimum absolute atomic E-state index is 0.359. The van der Waals surface area contributed by atoms with E-state index >= 15 is 0 Å². The van der Waals surface area contributed by atoms with Crippen LogP contribution in [0.1, 0.15) is 46.4 Å². The lowest BCUT2D eigenvalue weighted by Crippen LogP contribution is -2.43. The van der Waals surface area contributed by atoms with Crippen molar-refractivity contribution >= 4 is 25.1 Å². The van der Waals surface area contributed by atoms with Crippen LogP contribution in [0.25, 0.3) is 13.2 Å². The maximum absolute atomic E-state index is 12.2. The Balaban J connectivity index is 2.12. The summed E-state index contributed by atoms with van der Waals surface area (Å²) in [6, 6.07) is 3.11. The molecule has 4 nitrogen and oxygen atoms in total. The number of esters is 2. The van der Waals surface area contributed by atoms with E-state index < -0.39 is 11.9 Å². The Morgan fingerprint density at radius 2 is 1.25 bits per heavy atom. The number of hydrogen-bond acceptors (Lipinski definition) is 4. The molecule has 2 heterocycles. The van der Waals surface area contributed by atoms with Gasteiger partial charge in [-0.3, -0.25) is 0 Å². The minimum atomic E-state index is -0.415. The molecular weight excluding hydrogens is 256 g/mol. The van der Waals surface area contributed by atoms with Crippen molar-refractivity contribution in [2.45, 2.75) is 37.9 Å². The number of hydrogen-bond donors (Lipinski definition) is 0. The molecule has 4 heteroatoms. The van der Waals surface area contributed by atoms with Gasteiger partial charge in [-0.25, -0.2) is 9.59 Å². The van der Waals surface area contributed by atoms with Gasteiger partial charge in [-0.1, -0.05) is 13.2 Å². The summed E-state index contributed by atoms with van der Waals surface area (Å²) in [7, 11) is 0. The fraction of sp³-hybridized carbons (Fsp3) is 0.375. The van der Waals surface area contributed by atoms with Crippen molar-refractivity contribution in [3.8, 4) is 0 Å². The zero-order chi connectivity index (χ0) is 14.3. The molecule has 20 heavy (non-hydrogen) atoms. The monoisotopic (exact) mass is 272 g/mol. The molecule has 2 aliphatic heterocycles. The number of rotatable bonds is 0. The summed E-state index contributed by atoms with van der Waals surface area (Å²) in [5.74, 6) is -0.831. The van der Waals surface area contributed by atoms with E-state index in [1.54, 1.807) is 12.1 Å². The van der Waals surface area contributed by atoms with Crippen molar-refractivity contribution in [3.05, 3.63) is 33.7 Å². The molecule has 4 rings (SSSR count). The summed E-state index contributed by atoms with van der Waals surface area (Å²) in [6.45, 7) is 7.65. The first-order valence-corrected chi connectivity index (χ1v) is 6.81. The largest absolute Gasteiger partial charge is 0.455 e. The van der Waals surface area contributed by atoms with Crippen molar-refractivity contribution < 1.29 is 19.1 Å². The zero-order valence-corrected chi connectivity index (χ0v) is 11.2. The maximum atomic E-state index is 12.2. The van der Waals surface area contributed by atoms with Gasteiger partial charge in [-0.15, -0.1) is 0 Å². The first kappa shape index (κ1) is 12.9. The van der Waals surface area contributed by atoms with Crippen LogP contribution in [-0.4, -0.2) is 24.1 Å². The van der Waals surface area contributed by atoms with Crippen molar-refractivity contribution in [3.63, 3.8) is 0 Å². The van der Waals surface area contributed by atoms with E-state index in [1.807, 2.05) is 0 Å². The second kappa shape index (κ2) is 4.78.